The molecule has 0 saturated heterocycles. The van der Waals surface area contributed by atoms with Crippen molar-refractivity contribution in [1.29, 1.82) is 0 Å². The summed E-state index contributed by atoms with van der Waals surface area (Å²) in [6, 6.07) is 7.12. The van der Waals surface area contributed by atoms with Crippen molar-refractivity contribution < 1.29 is 9.90 Å². The van der Waals surface area contributed by atoms with Crippen molar-refractivity contribution >= 4 is 16.6 Å². The zero-order valence-corrected chi connectivity index (χ0v) is 14.3. The van der Waals surface area contributed by atoms with E-state index in [4.69, 9.17) is 0 Å². The van der Waals surface area contributed by atoms with Gasteiger partial charge in [0.25, 0.3) is 5.56 Å². The van der Waals surface area contributed by atoms with E-state index in [2.05, 4.69) is 0 Å². The van der Waals surface area contributed by atoms with Crippen LogP contribution in [0.4, 0.5) is 0 Å². The van der Waals surface area contributed by atoms with E-state index in [-0.39, 0.29) is 11.3 Å². The molecule has 1 aliphatic carbocycles. The number of Topliss-reactive ketones (excluding diaryl/α,β-unsaturated/α-hetero) is 1. The normalized spacial score (nSPS) is 17.6. The lowest BCUT2D eigenvalue weighted by Crippen LogP contribution is -2.28. The Hall–Kier alpha value is -1.94. The number of carbonyl (C=O) groups excluding carboxylic acids is 1. The predicted octanol–water partition coefficient (Wildman–Crippen LogP) is 3.59. The molecular formula is C20H25NO3. The maximum absolute atomic E-state index is 12.7. The third-order valence-corrected chi connectivity index (χ3v) is 5.27. The molecule has 0 amide bonds. The van der Waals surface area contributed by atoms with Gasteiger partial charge in [0.1, 0.15) is 0 Å². The molecule has 1 fully saturated rings. The third-order valence-electron chi connectivity index (χ3n) is 5.27. The number of hydrogen-bond acceptors (Lipinski definition) is 3. The number of fused-ring (bicyclic) bond motifs is 1. The van der Waals surface area contributed by atoms with Crippen LogP contribution in [-0.2, 0) is 7.05 Å². The average molecular weight is 327 g/mol. The molecule has 4 nitrogen and oxygen atoms in total. The fourth-order valence-corrected chi connectivity index (χ4v) is 3.74. The van der Waals surface area contributed by atoms with Gasteiger partial charge in [-0.15, -0.1) is 0 Å². The van der Waals surface area contributed by atoms with E-state index in [1.807, 2.05) is 6.07 Å². The second kappa shape index (κ2) is 6.89. The summed E-state index contributed by atoms with van der Waals surface area (Å²) in [5.41, 5.74) is -0.209. The Morgan fingerprint density at radius 1 is 1.12 bits per heavy atom. The topological polar surface area (TPSA) is 59.3 Å². The van der Waals surface area contributed by atoms with Crippen molar-refractivity contribution in [2.75, 3.05) is 0 Å². The first kappa shape index (κ1) is 16.9. The molecule has 0 aliphatic heterocycles. The van der Waals surface area contributed by atoms with Crippen LogP contribution in [0.1, 0.15) is 61.7 Å². The van der Waals surface area contributed by atoms with Gasteiger partial charge in [-0.2, -0.15) is 0 Å². The lowest BCUT2D eigenvalue weighted by Gasteiger charge is -2.26. The molecular weight excluding hydrogens is 302 g/mol. The summed E-state index contributed by atoms with van der Waals surface area (Å²) in [6.07, 6.45) is 8.51. The Bertz CT molecular complexity index is 798. The summed E-state index contributed by atoms with van der Waals surface area (Å²) >= 11 is 0. The lowest BCUT2D eigenvalue weighted by molar-refractivity contribution is 0.0148. The van der Waals surface area contributed by atoms with E-state index in [0.29, 0.717) is 29.2 Å². The smallest absolute Gasteiger partial charge is 0.258 e. The minimum atomic E-state index is -0.702. The number of benzene rings is 1. The largest absolute Gasteiger partial charge is 0.390 e. The quantitative estimate of drug-likeness (QED) is 0.689. The molecule has 1 aromatic heterocycles. The summed E-state index contributed by atoms with van der Waals surface area (Å²) in [4.78, 5) is 24.9. The first-order valence-electron chi connectivity index (χ1n) is 8.84. The Morgan fingerprint density at radius 3 is 2.54 bits per heavy atom. The summed E-state index contributed by atoms with van der Waals surface area (Å²) in [5.74, 6) is 0.00604. The molecule has 4 heteroatoms. The molecule has 1 aromatic carbocycles. The maximum atomic E-state index is 12.7. The van der Waals surface area contributed by atoms with Gasteiger partial charge in [-0.05, 0) is 36.8 Å². The second-order valence-electron chi connectivity index (χ2n) is 7.06. The van der Waals surface area contributed by atoms with Gasteiger partial charge in [0.2, 0.25) is 0 Å². The van der Waals surface area contributed by atoms with Crippen LogP contribution in [0.15, 0.2) is 35.3 Å². The van der Waals surface area contributed by atoms with Crippen molar-refractivity contribution in [2.24, 2.45) is 7.05 Å². The van der Waals surface area contributed by atoms with Gasteiger partial charge < -0.3 is 9.67 Å². The van der Waals surface area contributed by atoms with Crippen molar-refractivity contribution in [3.63, 3.8) is 0 Å². The Balaban J connectivity index is 1.82. The number of aliphatic hydroxyl groups is 1. The van der Waals surface area contributed by atoms with Crippen LogP contribution in [0.5, 0.6) is 0 Å². The maximum Gasteiger partial charge on any atom is 0.258 e. The first-order chi connectivity index (χ1) is 11.5. The molecule has 0 bridgehead atoms. The molecule has 0 spiro atoms. The molecule has 24 heavy (non-hydrogen) atoms. The Labute approximate surface area is 142 Å². The fourth-order valence-electron chi connectivity index (χ4n) is 3.74. The molecule has 1 heterocycles. The molecule has 1 N–H and O–H groups in total. The second-order valence-corrected chi connectivity index (χ2v) is 7.06. The zero-order valence-electron chi connectivity index (χ0n) is 14.3. The molecule has 1 saturated carbocycles. The van der Waals surface area contributed by atoms with Crippen LogP contribution in [-0.4, -0.2) is 21.1 Å². The number of carbonyl (C=O) groups is 1. The van der Waals surface area contributed by atoms with Crippen LogP contribution < -0.4 is 5.56 Å². The van der Waals surface area contributed by atoms with Gasteiger partial charge in [0.05, 0.1) is 5.60 Å². The van der Waals surface area contributed by atoms with Gasteiger partial charge in [0.15, 0.2) is 5.78 Å². The number of rotatable bonds is 4. The number of nitrogens with zero attached hydrogens (tertiary/aromatic N) is 1. The first-order valence-corrected chi connectivity index (χ1v) is 8.84. The van der Waals surface area contributed by atoms with E-state index < -0.39 is 5.60 Å². The highest BCUT2D eigenvalue weighted by atomic mass is 16.3. The van der Waals surface area contributed by atoms with E-state index in [9.17, 15) is 14.7 Å². The van der Waals surface area contributed by atoms with Gasteiger partial charge in [0, 0.05) is 30.6 Å². The number of aryl methyl sites for hydroxylation is 1. The number of ketones is 1. The number of hydrogen-bond donors (Lipinski definition) is 1. The van der Waals surface area contributed by atoms with Gasteiger partial charge >= 0.3 is 0 Å². The lowest BCUT2D eigenvalue weighted by atomic mass is 9.87. The van der Waals surface area contributed by atoms with Crippen molar-refractivity contribution in [3.05, 3.63) is 46.4 Å². The monoisotopic (exact) mass is 327 g/mol. The van der Waals surface area contributed by atoms with Gasteiger partial charge in [-0.25, -0.2) is 0 Å². The molecule has 0 unspecified atom stereocenters. The minimum absolute atomic E-state index is 0.00604. The predicted molar refractivity (Wildman–Crippen MR) is 95.4 cm³/mol. The van der Waals surface area contributed by atoms with Crippen molar-refractivity contribution in [3.8, 4) is 0 Å². The van der Waals surface area contributed by atoms with Gasteiger partial charge in [-0.3, -0.25) is 9.59 Å². The molecule has 2 aromatic rings. The minimum Gasteiger partial charge on any atom is -0.390 e. The summed E-state index contributed by atoms with van der Waals surface area (Å²) < 4.78 is 1.52. The molecule has 3 rings (SSSR count). The van der Waals surface area contributed by atoms with Crippen LogP contribution >= 0.6 is 0 Å². The van der Waals surface area contributed by atoms with E-state index in [0.717, 1.165) is 25.7 Å². The molecule has 0 radical (unpaired) electrons. The molecule has 0 atom stereocenters. The highest BCUT2D eigenvalue weighted by Crippen LogP contribution is 2.31. The SMILES string of the molecule is Cn1ccc2c(C(=O)CCC3(O)CCCCCC3)cccc2c1=O. The highest BCUT2D eigenvalue weighted by molar-refractivity contribution is 6.07. The Morgan fingerprint density at radius 2 is 1.83 bits per heavy atom. The summed E-state index contributed by atoms with van der Waals surface area (Å²) in [7, 11) is 1.71. The number of aromatic nitrogens is 1. The summed E-state index contributed by atoms with van der Waals surface area (Å²) in [6.45, 7) is 0. The zero-order chi connectivity index (χ0) is 17.2. The fraction of sp³-hybridized carbons (Fsp3) is 0.500. The Kier molecular flexibility index (Phi) is 4.86. The average Bonchev–Trinajstić information content (AvgIpc) is 2.81. The van der Waals surface area contributed by atoms with Crippen LogP contribution in [0.2, 0.25) is 0 Å². The van der Waals surface area contributed by atoms with Crippen molar-refractivity contribution in [2.45, 2.75) is 57.0 Å². The molecule has 1 aliphatic rings. The summed E-state index contributed by atoms with van der Waals surface area (Å²) in [5, 5.41) is 12.0. The van der Waals surface area contributed by atoms with E-state index >= 15 is 0 Å². The highest BCUT2D eigenvalue weighted by Gasteiger charge is 2.28. The van der Waals surface area contributed by atoms with Crippen LogP contribution in [0.25, 0.3) is 10.8 Å². The van der Waals surface area contributed by atoms with Crippen LogP contribution in [0.3, 0.4) is 0 Å². The van der Waals surface area contributed by atoms with Gasteiger partial charge in [-0.1, -0.05) is 37.8 Å². The third kappa shape index (κ3) is 3.44. The van der Waals surface area contributed by atoms with E-state index in [1.54, 1.807) is 31.4 Å². The van der Waals surface area contributed by atoms with Crippen molar-refractivity contribution in [1.82, 2.24) is 4.57 Å². The molecule has 128 valence electrons. The van der Waals surface area contributed by atoms with E-state index in [1.165, 1.54) is 17.4 Å². The number of pyridine rings is 1. The standard InChI is InChI=1S/C20H25NO3/c1-21-14-10-15-16(7-6-8-17(15)19(21)23)18(22)9-13-20(24)11-4-2-3-5-12-20/h6-8,10,14,24H,2-5,9,11-13H2,1H3. The van der Waals surface area contributed by atoms with Crippen LogP contribution in [0, 0.1) is 0 Å².